The van der Waals surface area contributed by atoms with Gasteiger partial charge >= 0.3 is 0 Å². The molecule has 1 amide bonds. The van der Waals surface area contributed by atoms with Crippen molar-refractivity contribution in [2.24, 2.45) is 5.92 Å². The summed E-state index contributed by atoms with van der Waals surface area (Å²) >= 11 is 0. The molecule has 1 atom stereocenters. The zero-order valence-corrected chi connectivity index (χ0v) is 14.5. The number of aryl methyl sites for hydroxylation is 2. The molecule has 7 nitrogen and oxygen atoms in total. The van der Waals surface area contributed by atoms with Crippen molar-refractivity contribution < 1.29 is 9.53 Å². The minimum absolute atomic E-state index is 0.0220. The fourth-order valence-corrected chi connectivity index (χ4v) is 3.75. The Morgan fingerprint density at radius 3 is 3.20 bits per heavy atom. The molecule has 1 fully saturated rings. The molecule has 0 radical (unpaired) electrons. The lowest BCUT2D eigenvalue weighted by molar-refractivity contribution is 0.0730. The molecule has 1 N–H and O–H groups in total. The summed E-state index contributed by atoms with van der Waals surface area (Å²) in [6.45, 7) is 4.45. The molecule has 0 saturated carbocycles. The quantitative estimate of drug-likeness (QED) is 0.910. The Kier molecular flexibility index (Phi) is 4.48. The first kappa shape index (κ1) is 16.2. The van der Waals surface area contributed by atoms with Gasteiger partial charge in [-0.25, -0.2) is 9.97 Å². The van der Waals surface area contributed by atoms with Gasteiger partial charge in [0.15, 0.2) is 5.69 Å². The minimum Gasteiger partial charge on any atom is -0.379 e. The van der Waals surface area contributed by atoms with Crippen LogP contribution in [0.25, 0.3) is 0 Å². The third-order valence-corrected chi connectivity index (χ3v) is 4.99. The lowest BCUT2D eigenvalue weighted by Crippen LogP contribution is -2.37. The normalized spacial score (nSPS) is 20.4. The topological polar surface area (TPSA) is 84.0 Å². The summed E-state index contributed by atoms with van der Waals surface area (Å²) in [4.78, 5) is 23.4. The molecule has 132 valence electrons. The van der Waals surface area contributed by atoms with Crippen LogP contribution in [0.3, 0.4) is 0 Å². The Labute approximate surface area is 146 Å². The average molecular weight is 341 g/mol. The van der Waals surface area contributed by atoms with Crippen LogP contribution < -0.4 is 0 Å². The first-order chi connectivity index (χ1) is 12.2. The van der Waals surface area contributed by atoms with Crippen molar-refractivity contribution in [2.75, 3.05) is 26.3 Å². The number of carbonyl (C=O) groups excluding carboxylic acids is 1. The number of hydrogen-bond acceptors (Lipinski definition) is 5. The number of aromatic nitrogens is 4. The molecule has 2 aliphatic rings. The van der Waals surface area contributed by atoms with Crippen molar-refractivity contribution in [2.45, 2.75) is 32.6 Å². The van der Waals surface area contributed by atoms with E-state index >= 15 is 0 Å². The Bertz CT molecular complexity index is 773. The molecule has 3 heterocycles. The Balaban J connectivity index is 1.48. The summed E-state index contributed by atoms with van der Waals surface area (Å²) in [6.07, 6.45) is 5.42. The standard InChI is InChI=1S/C18H23N5O2/c1-12-7-14(20-11-19-12)8-13-9-23(5-6-25-10-13)18(24)17-15-3-2-4-16(15)21-22-17/h7,11,13H,2-6,8-10H2,1H3,(H,21,22)/t13-/m1/s1. The van der Waals surface area contributed by atoms with Gasteiger partial charge < -0.3 is 9.64 Å². The predicted molar refractivity (Wildman–Crippen MR) is 91.3 cm³/mol. The van der Waals surface area contributed by atoms with Crippen molar-refractivity contribution in [1.82, 2.24) is 25.1 Å². The fraction of sp³-hybridized carbons (Fsp3) is 0.556. The molecule has 4 rings (SSSR count). The molecule has 25 heavy (non-hydrogen) atoms. The van der Waals surface area contributed by atoms with Crippen LogP contribution in [-0.2, 0) is 24.0 Å². The second-order valence-electron chi connectivity index (χ2n) is 6.93. The van der Waals surface area contributed by atoms with Gasteiger partial charge in [0.2, 0.25) is 0 Å². The molecular weight excluding hydrogens is 318 g/mol. The summed E-state index contributed by atoms with van der Waals surface area (Å²) in [5.74, 6) is 0.251. The molecule has 7 heteroatoms. The molecule has 0 unspecified atom stereocenters. The zero-order valence-electron chi connectivity index (χ0n) is 14.5. The fourth-order valence-electron chi connectivity index (χ4n) is 3.75. The van der Waals surface area contributed by atoms with Crippen LogP contribution in [-0.4, -0.2) is 57.3 Å². The van der Waals surface area contributed by atoms with E-state index in [1.165, 1.54) is 0 Å². The predicted octanol–water partition coefficient (Wildman–Crippen LogP) is 1.33. The maximum absolute atomic E-state index is 13.0. The van der Waals surface area contributed by atoms with Crippen LogP contribution in [0, 0.1) is 12.8 Å². The third-order valence-electron chi connectivity index (χ3n) is 4.99. The smallest absolute Gasteiger partial charge is 0.274 e. The second-order valence-corrected chi connectivity index (χ2v) is 6.93. The van der Waals surface area contributed by atoms with Crippen LogP contribution in [0.4, 0.5) is 0 Å². The van der Waals surface area contributed by atoms with Gasteiger partial charge in [0, 0.05) is 41.7 Å². The third kappa shape index (κ3) is 3.42. The first-order valence-electron chi connectivity index (χ1n) is 8.91. The van der Waals surface area contributed by atoms with E-state index in [9.17, 15) is 4.79 Å². The number of ether oxygens (including phenoxy) is 1. The molecule has 2 aromatic heterocycles. The number of nitrogens with zero attached hydrogens (tertiary/aromatic N) is 4. The number of hydrogen-bond donors (Lipinski definition) is 1. The lowest BCUT2D eigenvalue weighted by atomic mass is 10.0. The SMILES string of the molecule is Cc1cc(C[C@H]2COCCN(C(=O)c3n[nH]c4c3CCC4)C2)ncn1. The van der Waals surface area contributed by atoms with E-state index in [4.69, 9.17) is 4.74 Å². The number of carbonyl (C=O) groups is 1. The van der Waals surface area contributed by atoms with E-state index in [1.54, 1.807) is 6.33 Å². The van der Waals surface area contributed by atoms with Crippen molar-refractivity contribution in [1.29, 1.82) is 0 Å². The van der Waals surface area contributed by atoms with Crippen LogP contribution in [0.1, 0.15) is 39.6 Å². The molecule has 1 aliphatic carbocycles. The summed E-state index contributed by atoms with van der Waals surface area (Å²) in [5, 5.41) is 7.32. The van der Waals surface area contributed by atoms with Crippen molar-refractivity contribution >= 4 is 5.91 Å². The number of aromatic amines is 1. The summed E-state index contributed by atoms with van der Waals surface area (Å²) in [7, 11) is 0. The minimum atomic E-state index is 0.0220. The van der Waals surface area contributed by atoms with Crippen molar-refractivity contribution in [3.63, 3.8) is 0 Å². The van der Waals surface area contributed by atoms with Crippen LogP contribution >= 0.6 is 0 Å². The van der Waals surface area contributed by atoms with E-state index in [0.717, 1.165) is 48.3 Å². The maximum atomic E-state index is 13.0. The summed E-state index contributed by atoms with van der Waals surface area (Å²) in [5.41, 5.74) is 4.79. The molecule has 0 aromatic carbocycles. The van der Waals surface area contributed by atoms with Gasteiger partial charge in [-0.1, -0.05) is 0 Å². The van der Waals surface area contributed by atoms with E-state index < -0.39 is 0 Å². The highest BCUT2D eigenvalue weighted by molar-refractivity contribution is 5.94. The van der Waals surface area contributed by atoms with Gasteiger partial charge in [0.1, 0.15) is 6.33 Å². The summed E-state index contributed by atoms with van der Waals surface area (Å²) in [6, 6.07) is 2.00. The zero-order chi connectivity index (χ0) is 17.2. The van der Waals surface area contributed by atoms with E-state index in [0.29, 0.717) is 32.0 Å². The van der Waals surface area contributed by atoms with Gasteiger partial charge in [0.25, 0.3) is 5.91 Å². The van der Waals surface area contributed by atoms with E-state index in [1.807, 2.05) is 17.9 Å². The number of fused-ring (bicyclic) bond motifs is 1. The van der Waals surface area contributed by atoms with E-state index in [-0.39, 0.29) is 11.8 Å². The molecular formula is C18H23N5O2. The highest BCUT2D eigenvalue weighted by atomic mass is 16.5. The Morgan fingerprint density at radius 2 is 2.32 bits per heavy atom. The molecule has 0 spiro atoms. The lowest BCUT2D eigenvalue weighted by Gasteiger charge is -2.23. The van der Waals surface area contributed by atoms with E-state index in [2.05, 4.69) is 20.2 Å². The molecule has 1 aliphatic heterocycles. The van der Waals surface area contributed by atoms with Crippen LogP contribution in [0.2, 0.25) is 0 Å². The molecule has 0 bridgehead atoms. The van der Waals surface area contributed by atoms with Crippen molar-refractivity contribution in [3.05, 3.63) is 40.7 Å². The highest BCUT2D eigenvalue weighted by Gasteiger charge is 2.29. The number of amides is 1. The molecule has 1 saturated heterocycles. The Morgan fingerprint density at radius 1 is 1.40 bits per heavy atom. The second kappa shape index (κ2) is 6.92. The first-order valence-corrected chi connectivity index (χ1v) is 8.91. The monoisotopic (exact) mass is 341 g/mol. The number of H-pyrrole nitrogens is 1. The Hall–Kier alpha value is -2.28. The number of rotatable bonds is 3. The number of nitrogens with one attached hydrogen (secondary N) is 1. The highest BCUT2D eigenvalue weighted by Crippen LogP contribution is 2.24. The summed E-state index contributed by atoms with van der Waals surface area (Å²) < 4.78 is 5.73. The van der Waals surface area contributed by atoms with Gasteiger partial charge in [-0.15, -0.1) is 0 Å². The average Bonchev–Trinajstić information content (AvgIpc) is 3.13. The van der Waals surface area contributed by atoms with Gasteiger partial charge in [-0.2, -0.15) is 5.10 Å². The van der Waals surface area contributed by atoms with Gasteiger partial charge in [-0.3, -0.25) is 9.89 Å². The van der Waals surface area contributed by atoms with Crippen molar-refractivity contribution in [3.8, 4) is 0 Å². The van der Waals surface area contributed by atoms with Crippen LogP contribution in [0.15, 0.2) is 12.4 Å². The maximum Gasteiger partial charge on any atom is 0.274 e. The largest absolute Gasteiger partial charge is 0.379 e. The van der Waals surface area contributed by atoms with Gasteiger partial charge in [0.05, 0.1) is 13.2 Å². The van der Waals surface area contributed by atoms with Gasteiger partial charge in [-0.05, 0) is 38.7 Å². The molecule has 2 aromatic rings. The van der Waals surface area contributed by atoms with Crippen LogP contribution in [0.5, 0.6) is 0 Å².